The molecule has 0 aliphatic carbocycles. The normalized spacial score (nSPS) is 12.2. The molecule has 1 unspecified atom stereocenters. The summed E-state index contributed by atoms with van der Waals surface area (Å²) < 4.78 is 0. The van der Waals surface area contributed by atoms with E-state index in [1.807, 2.05) is 23.8 Å². The van der Waals surface area contributed by atoms with E-state index in [9.17, 15) is 4.79 Å². The molecule has 0 fully saturated rings. The van der Waals surface area contributed by atoms with Gasteiger partial charge in [0.2, 0.25) is 0 Å². The molecule has 0 spiro atoms. The fraction of sp³-hybridized carbons (Fsp3) is 0.375. The third kappa shape index (κ3) is 3.43. The maximum absolute atomic E-state index is 10.8. The third-order valence-electron chi connectivity index (χ3n) is 1.63. The van der Waals surface area contributed by atoms with E-state index in [1.54, 1.807) is 11.3 Å². The smallest absolute Gasteiger partial charge is 0.329 e. The Hall–Kier alpha value is -1.07. The highest BCUT2D eigenvalue weighted by molar-refractivity contribution is 7.07. The van der Waals surface area contributed by atoms with Crippen molar-refractivity contribution < 1.29 is 4.79 Å². The van der Waals surface area contributed by atoms with E-state index in [2.05, 4.69) is 10.7 Å². The van der Waals surface area contributed by atoms with Crippen molar-refractivity contribution in [1.29, 1.82) is 0 Å². The number of amides is 2. The zero-order valence-corrected chi connectivity index (χ0v) is 8.23. The number of urea groups is 1. The average Bonchev–Trinajstić information content (AvgIpc) is 2.56. The highest BCUT2D eigenvalue weighted by Gasteiger charge is 2.06. The van der Waals surface area contributed by atoms with Gasteiger partial charge in [0.05, 0.1) is 0 Å². The molecule has 1 atom stereocenters. The summed E-state index contributed by atoms with van der Waals surface area (Å²) in [5, 5.41) is 6.78. The second-order valence-corrected chi connectivity index (χ2v) is 3.63. The maximum atomic E-state index is 10.8. The molecule has 13 heavy (non-hydrogen) atoms. The molecule has 0 saturated carbocycles. The minimum atomic E-state index is -0.345. The Morgan fingerprint density at radius 2 is 2.54 bits per heavy atom. The molecule has 0 aliphatic heterocycles. The van der Waals surface area contributed by atoms with Crippen LogP contribution in [0.15, 0.2) is 16.8 Å². The minimum absolute atomic E-state index is 0.0955. The van der Waals surface area contributed by atoms with Gasteiger partial charge >= 0.3 is 6.03 Å². The first-order valence-corrected chi connectivity index (χ1v) is 4.95. The first kappa shape index (κ1) is 10.0. The van der Waals surface area contributed by atoms with E-state index in [0.29, 0.717) is 0 Å². The van der Waals surface area contributed by atoms with Crippen LogP contribution in [0, 0.1) is 0 Å². The lowest BCUT2D eigenvalue weighted by molar-refractivity contribution is 0.238. The van der Waals surface area contributed by atoms with Gasteiger partial charge in [0, 0.05) is 6.04 Å². The van der Waals surface area contributed by atoms with Gasteiger partial charge in [0.1, 0.15) is 0 Å². The first-order chi connectivity index (χ1) is 6.22. The number of thiophene rings is 1. The second kappa shape index (κ2) is 4.84. The number of carbonyl (C=O) groups is 1. The zero-order valence-electron chi connectivity index (χ0n) is 7.41. The average molecular weight is 199 g/mol. The molecule has 4 N–H and O–H groups in total. The van der Waals surface area contributed by atoms with E-state index >= 15 is 0 Å². The van der Waals surface area contributed by atoms with E-state index in [0.717, 1.165) is 6.42 Å². The van der Waals surface area contributed by atoms with Gasteiger partial charge in [-0.2, -0.15) is 11.3 Å². The van der Waals surface area contributed by atoms with Gasteiger partial charge < -0.3 is 5.32 Å². The number of nitrogens with two attached hydrogens (primary N) is 1. The predicted octanol–water partition coefficient (Wildman–Crippen LogP) is 0.852. The molecule has 0 bridgehead atoms. The molecule has 1 rings (SSSR count). The van der Waals surface area contributed by atoms with E-state index in [-0.39, 0.29) is 12.1 Å². The van der Waals surface area contributed by atoms with Crippen LogP contribution in [0.1, 0.15) is 12.5 Å². The molecule has 72 valence electrons. The zero-order chi connectivity index (χ0) is 9.68. The summed E-state index contributed by atoms with van der Waals surface area (Å²) in [4.78, 5) is 10.8. The van der Waals surface area contributed by atoms with Crippen molar-refractivity contribution in [3.63, 3.8) is 0 Å². The summed E-state index contributed by atoms with van der Waals surface area (Å²) in [6.45, 7) is 1.94. The molecule has 2 amide bonds. The fourth-order valence-electron chi connectivity index (χ4n) is 1.08. The molecular weight excluding hydrogens is 186 g/mol. The SMILES string of the molecule is CC(Cc1ccsc1)NC(=O)NN. The highest BCUT2D eigenvalue weighted by atomic mass is 32.1. The molecule has 0 aliphatic rings. The van der Waals surface area contributed by atoms with Crippen LogP contribution >= 0.6 is 11.3 Å². The van der Waals surface area contributed by atoms with E-state index in [4.69, 9.17) is 5.84 Å². The van der Waals surface area contributed by atoms with Crippen molar-refractivity contribution in [3.8, 4) is 0 Å². The number of hydrogen-bond donors (Lipinski definition) is 3. The monoisotopic (exact) mass is 199 g/mol. The Morgan fingerprint density at radius 3 is 3.08 bits per heavy atom. The Labute approximate surface area is 81.1 Å². The van der Waals surface area contributed by atoms with Crippen LogP contribution in [0.4, 0.5) is 4.79 Å². The van der Waals surface area contributed by atoms with Gasteiger partial charge in [0.25, 0.3) is 0 Å². The minimum Gasteiger partial charge on any atom is -0.334 e. The van der Waals surface area contributed by atoms with Crippen LogP contribution in [-0.4, -0.2) is 12.1 Å². The highest BCUT2D eigenvalue weighted by Crippen LogP contribution is 2.08. The van der Waals surface area contributed by atoms with Crippen LogP contribution in [0.3, 0.4) is 0 Å². The molecule has 0 radical (unpaired) electrons. The van der Waals surface area contributed by atoms with Gasteiger partial charge in [-0.1, -0.05) is 0 Å². The molecule has 0 aromatic carbocycles. The van der Waals surface area contributed by atoms with Crippen molar-refractivity contribution in [1.82, 2.24) is 10.7 Å². The number of hydrazine groups is 1. The summed E-state index contributed by atoms with van der Waals surface area (Å²) >= 11 is 1.65. The Balaban J connectivity index is 2.33. The molecule has 1 heterocycles. The van der Waals surface area contributed by atoms with Gasteiger partial charge in [-0.3, -0.25) is 5.43 Å². The molecular formula is C8H13N3OS. The van der Waals surface area contributed by atoms with Crippen LogP contribution in [0.5, 0.6) is 0 Å². The van der Waals surface area contributed by atoms with Crippen LogP contribution in [0.2, 0.25) is 0 Å². The molecule has 4 nitrogen and oxygen atoms in total. The number of nitrogens with one attached hydrogen (secondary N) is 2. The largest absolute Gasteiger partial charge is 0.334 e. The van der Waals surface area contributed by atoms with Gasteiger partial charge in [-0.05, 0) is 35.7 Å². The summed E-state index contributed by atoms with van der Waals surface area (Å²) in [7, 11) is 0. The van der Waals surface area contributed by atoms with Crippen molar-refractivity contribution in [2.75, 3.05) is 0 Å². The molecule has 1 aromatic heterocycles. The van der Waals surface area contributed by atoms with Crippen molar-refractivity contribution >= 4 is 17.4 Å². The Bertz CT molecular complexity index is 260. The first-order valence-electron chi connectivity index (χ1n) is 4.00. The quantitative estimate of drug-likeness (QED) is 0.384. The lowest BCUT2D eigenvalue weighted by atomic mass is 10.1. The van der Waals surface area contributed by atoms with Crippen molar-refractivity contribution in [2.24, 2.45) is 5.84 Å². The predicted molar refractivity (Wildman–Crippen MR) is 53.3 cm³/mol. The molecule has 1 aromatic rings. The van der Waals surface area contributed by atoms with E-state index in [1.165, 1.54) is 5.56 Å². The van der Waals surface area contributed by atoms with Crippen LogP contribution in [-0.2, 0) is 6.42 Å². The lowest BCUT2D eigenvalue weighted by Crippen LogP contribution is -2.44. The fourth-order valence-corrected chi connectivity index (χ4v) is 1.76. The summed E-state index contributed by atoms with van der Waals surface area (Å²) in [6, 6.07) is 1.80. The Morgan fingerprint density at radius 1 is 1.77 bits per heavy atom. The Kier molecular flexibility index (Phi) is 3.72. The topological polar surface area (TPSA) is 67.2 Å². The lowest BCUT2D eigenvalue weighted by Gasteiger charge is -2.11. The number of hydrogen-bond acceptors (Lipinski definition) is 3. The van der Waals surface area contributed by atoms with Crippen LogP contribution in [0.25, 0.3) is 0 Å². The number of carbonyl (C=O) groups excluding carboxylic acids is 1. The van der Waals surface area contributed by atoms with E-state index < -0.39 is 0 Å². The molecule has 0 saturated heterocycles. The second-order valence-electron chi connectivity index (χ2n) is 2.85. The summed E-state index contributed by atoms with van der Waals surface area (Å²) in [6.07, 6.45) is 0.830. The standard InChI is InChI=1S/C8H13N3OS/c1-6(10-8(12)11-9)4-7-2-3-13-5-7/h2-3,5-6H,4,9H2,1H3,(H2,10,11,12). The third-order valence-corrected chi connectivity index (χ3v) is 2.36. The van der Waals surface area contributed by atoms with Crippen molar-refractivity contribution in [3.05, 3.63) is 22.4 Å². The van der Waals surface area contributed by atoms with Gasteiger partial charge in [0.15, 0.2) is 0 Å². The molecule has 5 heteroatoms. The summed E-state index contributed by atoms with van der Waals surface area (Å²) in [5.41, 5.74) is 3.26. The maximum Gasteiger partial charge on any atom is 0.329 e. The van der Waals surface area contributed by atoms with Gasteiger partial charge in [-0.25, -0.2) is 10.6 Å². The van der Waals surface area contributed by atoms with Crippen LogP contribution < -0.4 is 16.6 Å². The van der Waals surface area contributed by atoms with Gasteiger partial charge in [-0.15, -0.1) is 0 Å². The van der Waals surface area contributed by atoms with Crippen molar-refractivity contribution in [2.45, 2.75) is 19.4 Å². The summed E-state index contributed by atoms with van der Waals surface area (Å²) in [5.74, 6) is 4.93. The number of rotatable bonds is 3.